The fourth-order valence-electron chi connectivity index (χ4n) is 2.03. The van der Waals surface area contributed by atoms with Crippen LogP contribution < -0.4 is 5.32 Å². The van der Waals surface area contributed by atoms with E-state index in [0.717, 1.165) is 32.6 Å². The van der Waals surface area contributed by atoms with Crippen molar-refractivity contribution in [1.29, 1.82) is 0 Å². The van der Waals surface area contributed by atoms with Gasteiger partial charge in [-0.2, -0.15) is 5.10 Å². The van der Waals surface area contributed by atoms with Gasteiger partial charge in [0, 0.05) is 11.1 Å². The van der Waals surface area contributed by atoms with Crippen LogP contribution >= 0.6 is 11.3 Å². The number of nitrogens with one attached hydrogen (secondary N) is 2. The van der Waals surface area contributed by atoms with E-state index in [2.05, 4.69) is 25.5 Å². The van der Waals surface area contributed by atoms with Crippen molar-refractivity contribution in [2.24, 2.45) is 0 Å². The lowest BCUT2D eigenvalue weighted by Gasteiger charge is -2.06. The largest absolute Gasteiger partial charge is 0.339 e. The van der Waals surface area contributed by atoms with Crippen LogP contribution in [0.5, 0.6) is 0 Å². The number of nitrogens with zero attached hydrogens (tertiary/aromatic N) is 3. The molecular formula is C13H9N5S. The summed E-state index contributed by atoms with van der Waals surface area (Å²) < 4.78 is 1.06. The van der Waals surface area contributed by atoms with Crippen molar-refractivity contribution in [3.63, 3.8) is 0 Å². The predicted molar refractivity (Wildman–Crippen MR) is 76.8 cm³/mol. The standard InChI is InChI=1S/C13H9N5S/c1-2-9(5-11-8(1)6-16-18-11)17-13-12-10(3-4-19-12)14-7-15-13/h1-7H,(H,16,18)(H,14,15,17). The highest BCUT2D eigenvalue weighted by Gasteiger charge is 2.05. The number of fused-ring (bicyclic) bond motifs is 2. The van der Waals surface area contributed by atoms with Gasteiger partial charge in [-0.05, 0) is 29.6 Å². The highest BCUT2D eigenvalue weighted by molar-refractivity contribution is 7.17. The molecule has 0 fully saturated rings. The molecular weight excluding hydrogens is 258 g/mol. The van der Waals surface area contributed by atoms with E-state index >= 15 is 0 Å². The number of hydrogen-bond donors (Lipinski definition) is 2. The van der Waals surface area contributed by atoms with E-state index in [4.69, 9.17) is 0 Å². The lowest BCUT2D eigenvalue weighted by molar-refractivity contribution is 1.12. The quantitative estimate of drug-likeness (QED) is 0.584. The molecule has 2 N–H and O–H groups in total. The molecule has 19 heavy (non-hydrogen) atoms. The molecule has 0 bridgehead atoms. The molecule has 0 amide bonds. The second-order valence-corrected chi connectivity index (χ2v) is 5.07. The first-order chi connectivity index (χ1) is 9.40. The molecule has 3 heterocycles. The van der Waals surface area contributed by atoms with Gasteiger partial charge < -0.3 is 5.32 Å². The third-order valence-electron chi connectivity index (χ3n) is 2.95. The lowest BCUT2D eigenvalue weighted by Crippen LogP contribution is -1.94. The summed E-state index contributed by atoms with van der Waals surface area (Å²) in [4.78, 5) is 8.53. The number of hydrogen-bond acceptors (Lipinski definition) is 5. The monoisotopic (exact) mass is 267 g/mol. The van der Waals surface area contributed by atoms with Gasteiger partial charge >= 0.3 is 0 Å². The number of aromatic nitrogens is 4. The molecule has 0 atom stereocenters. The van der Waals surface area contributed by atoms with Crippen LogP contribution in [0, 0.1) is 0 Å². The maximum Gasteiger partial charge on any atom is 0.151 e. The normalized spacial score (nSPS) is 11.2. The zero-order valence-electron chi connectivity index (χ0n) is 9.79. The molecule has 6 heteroatoms. The van der Waals surface area contributed by atoms with Gasteiger partial charge in [0.05, 0.1) is 21.9 Å². The third-order valence-corrected chi connectivity index (χ3v) is 3.86. The number of rotatable bonds is 2. The Morgan fingerprint density at radius 1 is 1.16 bits per heavy atom. The topological polar surface area (TPSA) is 66.5 Å². The minimum absolute atomic E-state index is 0.832. The van der Waals surface area contributed by atoms with E-state index in [1.165, 1.54) is 0 Å². The van der Waals surface area contributed by atoms with Gasteiger partial charge in [0.25, 0.3) is 0 Å². The van der Waals surface area contributed by atoms with Crippen LogP contribution in [-0.4, -0.2) is 20.2 Å². The van der Waals surface area contributed by atoms with Crippen LogP contribution in [-0.2, 0) is 0 Å². The van der Waals surface area contributed by atoms with Gasteiger partial charge in [-0.25, -0.2) is 9.97 Å². The third kappa shape index (κ3) is 1.73. The van der Waals surface area contributed by atoms with Gasteiger partial charge in [0.15, 0.2) is 5.82 Å². The number of thiophene rings is 1. The smallest absolute Gasteiger partial charge is 0.151 e. The van der Waals surface area contributed by atoms with Crippen LogP contribution in [0.2, 0.25) is 0 Å². The van der Waals surface area contributed by atoms with Gasteiger partial charge in [-0.1, -0.05) is 0 Å². The second kappa shape index (κ2) is 4.03. The molecule has 92 valence electrons. The molecule has 3 aromatic heterocycles. The second-order valence-electron chi connectivity index (χ2n) is 4.15. The van der Waals surface area contributed by atoms with Crippen LogP contribution in [0.1, 0.15) is 0 Å². The van der Waals surface area contributed by atoms with Crippen molar-refractivity contribution >= 4 is 44.0 Å². The number of H-pyrrole nitrogens is 1. The van der Waals surface area contributed by atoms with Crippen molar-refractivity contribution in [2.75, 3.05) is 5.32 Å². The zero-order valence-corrected chi connectivity index (χ0v) is 10.6. The van der Waals surface area contributed by atoms with Crippen LogP contribution in [0.4, 0.5) is 11.5 Å². The van der Waals surface area contributed by atoms with E-state index in [0.29, 0.717) is 0 Å². The molecule has 0 spiro atoms. The predicted octanol–water partition coefficient (Wildman–Crippen LogP) is 3.31. The van der Waals surface area contributed by atoms with Gasteiger partial charge in [-0.3, -0.25) is 5.10 Å². The number of anilines is 2. The molecule has 0 saturated carbocycles. The fourth-order valence-corrected chi connectivity index (χ4v) is 2.82. The lowest BCUT2D eigenvalue weighted by atomic mass is 10.2. The summed E-state index contributed by atoms with van der Waals surface area (Å²) in [6.07, 6.45) is 3.38. The molecule has 0 aliphatic carbocycles. The minimum Gasteiger partial charge on any atom is -0.339 e. The highest BCUT2D eigenvalue weighted by atomic mass is 32.1. The summed E-state index contributed by atoms with van der Waals surface area (Å²) in [5.41, 5.74) is 2.94. The van der Waals surface area contributed by atoms with Crippen molar-refractivity contribution in [3.8, 4) is 0 Å². The van der Waals surface area contributed by atoms with Crippen molar-refractivity contribution in [2.45, 2.75) is 0 Å². The average Bonchev–Trinajstić information content (AvgIpc) is 3.06. The Hall–Kier alpha value is -2.47. The molecule has 0 saturated heterocycles. The van der Waals surface area contributed by atoms with E-state index in [9.17, 15) is 0 Å². The van der Waals surface area contributed by atoms with Gasteiger partial charge in [0.2, 0.25) is 0 Å². The van der Waals surface area contributed by atoms with Crippen molar-refractivity contribution < 1.29 is 0 Å². The van der Waals surface area contributed by atoms with Crippen LogP contribution in [0.15, 0.2) is 42.2 Å². The Morgan fingerprint density at radius 2 is 2.16 bits per heavy atom. The summed E-state index contributed by atoms with van der Waals surface area (Å²) in [7, 11) is 0. The van der Waals surface area contributed by atoms with E-state index in [-0.39, 0.29) is 0 Å². The molecule has 0 unspecified atom stereocenters. The molecule has 4 rings (SSSR count). The van der Waals surface area contributed by atoms with E-state index in [1.807, 2.05) is 29.6 Å². The van der Waals surface area contributed by atoms with Crippen LogP contribution in [0.25, 0.3) is 21.1 Å². The molecule has 5 nitrogen and oxygen atoms in total. The minimum atomic E-state index is 0.832. The number of benzene rings is 1. The Kier molecular flexibility index (Phi) is 2.22. The summed E-state index contributed by atoms with van der Waals surface area (Å²) in [5.74, 6) is 0.832. The number of aromatic amines is 1. The highest BCUT2D eigenvalue weighted by Crippen LogP contribution is 2.28. The first-order valence-corrected chi connectivity index (χ1v) is 6.66. The Bertz CT molecular complexity index is 863. The summed E-state index contributed by atoms with van der Waals surface area (Å²) >= 11 is 1.63. The molecule has 0 aliphatic heterocycles. The summed E-state index contributed by atoms with van der Waals surface area (Å²) in [6, 6.07) is 8.04. The summed E-state index contributed by atoms with van der Waals surface area (Å²) in [5, 5.41) is 13.4. The average molecular weight is 267 g/mol. The van der Waals surface area contributed by atoms with Crippen LogP contribution in [0.3, 0.4) is 0 Å². The first kappa shape index (κ1) is 10.5. The summed E-state index contributed by atoms with van der Waals surface area (Å²) in [6.45, 7) is 0. The van der Waals surface area contributed by atoms with E-state index in [1.54, 1.807) is 23.9 Å². The van der Waals surface area contributed by atoms with Gasteiger partial charge in [0.1, 0.15) is 6.33 Å². The SMILES string of the molecule is c1nc(Nc2ccc3cn[nH]c3c2)c2sccc2n1. The maximum atomic E-state index is 4.30. The molecule has 1 aromatic carbocycles. The Morgan fingerprint density at radius 3 is 3.16 bits per heavy atom. The van der Waals surface area contributed by atoms with E-state index < -0.39 is 0 Å². The maximum absolute atomic E-state index is 4.30. The first-order valence-electron chi connectivity index (χ1n) is 5.78. The Balaban J connectivity index is 1.79. The van der Waals surface area contributed by atoms with Gasteiger partial charge in [-0.15, -0.1) is 11.3 Å². The zero-order chi connectivity index (χ0) is 12.7. The molecule has 4 aromatic rings. The van der Waals surface area contributed by atoms with Crippen molar-refractivity contribution in [1.82, 2.24) is 20.2 Å². The molecule has 0 aliphatic rings. The van der Waals surface area contributed by atoms with Crippen molar-refractivity contribution in [3.05, 3.63) is 42.2 Å². The molecule has 0 radical (unpaired) electrons. The Labute approximate surface area is 112 Å². The fraction of sp³-hybridized carbons (Fsp3) is 0.